The maximum absolute atomic E-state index is 13.2. The van der Waals surface area contributed by atoms with E-state index in [0.29, 0.717) is 19.4 Å². The Morgan fingerprint density at radius 3 is 2.09 bits per heavy atom. The van der Waals surface area contributed by atoms with E-state index in [1.54, 1.807) is 0 Å². The number of nitrogens with zero attached hydrogens (tertiary/aromatic N) is 1. The van der Waals surface area contributed by atoms with E-state index in [4.69, 9.17) is 4.74 Å². The average Bonchev–Trinajstić information content (AvgIpc) is 3.09. The summed E-state index contributed by atoms with van der Waals surface area (Å²) in [5, 5.41) is 11.9. The molecule has 2 amide bonds. The normalized spacial score (nSPS) is 13.5. The first-order valence-electron chi connectivity index (χ1n) is 11.7. The van der Waals surface area contributed by atoms with Crippen molar-refractivity contribution in [2.45, 2.75) is 52.5 Å². The van der Waals surface area contributed by atoms with E-state index < -0.39 is 30.6 Å². The van der Waals surface area contributed by atoms with Gasteiger partial charge in [0.15, 0.2) is 0 Å². The van der Waals surface area contributed by atoms with Crippen LogP contribution in [0.2, 0.25) is 0 Å². The summed E-state index contributed by atoms with van der Waals surface area (Å²) in [6, 6.07) is 15.3. The lowest BCUT2D eigenvalue weighted by molar-refractivity contribution is -0.145. The highest BCUT2D eigenvalue weighted by atomic mass is 16.5. The highest BCUT2D eigenvalue weighted by Gasteiger charge is 2.33. The molecule has 0 radical (unpaired) electrons. The number of alkyl carbamates (subject to hydrolysis) is 1. The molecule has 0 aromatic heterocycles. The molecule has 2 N–H and O–H groups in total. The van der Waals surface area contributed by atoms with E-state index in [2.05, 4.69) is 17.4 Å². The molecule has 7 heteroatoms. The largest absolute Gasteiger partial charge is 0.480 e. The van der Waals surface area contributed by atoms with Crippen molar-refractivity contribution in [3.05, 3.63) is 59.7 Å². The molecule has 1 aliphatic carbocycles. The van der Waals surface area contributed by atoms with Gasteiger partial charge in [-0.2, -0.15) is 0 Å². The van der Waals surface area contributed by atoms with Crippen molar-refractivity contribution < 1.29 is 24.2 Å². The molecule has 0 fully saturated rings. The third-order valence-electron chi connectivity index (χ3n) is 5.88. The second-order valence-electron chi connectivity index (χ2n) is 9.94. The number of carboxylic acid groups (broad SMARTS) is 1. The summed E-state index contributed by atoms with van der Waals surface area (Å²) in [7, 11) is 0. The van der Waals surface area contributed by atoms with E-state index in [-0.39, 0.29) is 17.9 Å². The molecule has 2 aromatic rings. The highest BCUT2D eigenvalue weighted by molar-refractivity contribution is 5.88. The standard InChI is InChI=1S/C27H34N2O5/c1-5-14-29(16-24(30)31)25(32)23(15-27(2,3)4)28-26(33)34-17-22-20-12-8-6-10-18(20)19-11-7-9-13-21(19)22/h6-13,22-23H,5,14-17H2,1-4H3,(H,28,33)(H,30,31). The average molecular weight is 467 g/mol. The maximum Gasteiger partial charge on any atom is 0.407 e. The molecule has 0 heterocycles. The Bertz CT molecular complexity index is 998. The van der Waals surface area contributed by atoms with Gasteiger partial charge in [0.2, 0.25) is 5.91 Å². The van der Waals surface area contributed by atoms with Gasteiger partial charge in [0, 0.05) is 12.5 Å². The van der Waals surface area contributed by atoms with Crippen LogP contribution >= 0.6 is 0 Å². The van der Waals surface area contributed by atoms with E-state index in [0.717, 1.165) is 22.3 Å². The first-order chi connectivity index (χ1) is 16.1. The Kier molecular flexibility index (Phi) is 7.97. The maximum atomic E-state index is 13.2. The van der Waals surface area contributed by atoms with Gasteiger partial charge in [0.25, 0.3) is 0 Å². The molecule has 2 aromatic carbocycles. The Balaban J connectivity index is 1.72. The summed E-state index contributed by atoms with van der Waals surface area (Å²) in [5.41, 5.74) is 4.22. The van der Waals surface area contributed by atoms with Gasteiger partial charge in [-0.25, -0.2) is 4.79 Å². The fourth-order valence-electron chi connectivity index (χ4n) is 4.52. The van der Waals surface area contributed by atoms with Crippen molar-refractivity contribution in [3.8, 4) is 11.1 Å². The number of benzene rings is 2. The molecule has 34 heavy (non-hydrogen) atoms. The minimum absolute atomic E-state index is 0.0847. The summed E-state index contributed by atoms with van der Waals surface area (Å²) in [6.45, 7) is 7.82. The summed E-state index contributed by atoms with van der Waals surface area (Å²) < 4.78 is 5.62. The Morgan fingerprint density at radius 1 is 1.03 bits per heavy atom. The number of carboxylic acids is 1. The number of hydrogen-bond donors (Lipinski definition) is 2. The third-order valence-corrected chi connectivity index (χ3v) is 5.88. The van der Waals surface area contributed by atoms with Gasteiger partial charge in [-0.15, -0.1) is 0 Å². The molecule has 1 atom stereocenters. The van der Waals surface area contributed by atoms with E-state index in [1.165, 1.54) is 4.90 Å². The van der Waals surface area contributed by atoms with Crippen molar-refractivity contribution >= 4 is 18.0 Å². The van der Waals surface area contributed by atoms with Gasteiger partial charge in [-0.05, 0) is 40.5 Å². The lowest BCUT2D eigenvalue weighted by Gasteiger charge is -2.30. The van der Waals surface area contributed by atoms with Crippen LogP contribution in [0, 0.1) is 5.41 Å². The number of nitrogens with one attached hydrogen (secondary N) is 1. The number of aliphatic carboxylic acids is 1. The molecule has 7 nitrogen and oxygen atoms in total. The molecular formula is C27H34N2O5. The Morgan fingerprint density at radius 2 is 1.59 bits per heavy atom. The van der Waals surface area contributed by atoms with Crippen LogP contribution in [0.1, 0.15) is 57.6 Å². The van der Waals surface area contributed by atoms with Crippen LogP contribution in [0.5, 0.6) is 0 Å². The third kappa shape index (κ3) is 6.16. The fourth-order valence-corrected chi connectivity index (χ4v) is 4.52. The summed E-state index contributed by atoms with van der Waals surface area (Å²) >= 11 is 0. The highest BCUT2D eigenvalue weighted by Crippen LogP contribution is 2.44. The Labute approximate surface area is 201 Å². The second-order valence-corrected chi connectivity index (χ2v) is 9.94. The van der Waals surface area contributed by atoms with Gasteiger partial charge in [0.05, 0.1) is 0 Å². The van der Waals surface area contributed by atoms with Gasteiger partial charge in [-0.1, -0.05) is 76.2 Å². The molecule has 0 bridgehead atoms. The predicted molar refractivity (Wildman–Crippen MR) is 131 cm³/mol. The summed E-state index contributed by atoms with van der Waals surface area (Å²) in [5.74, 6) is -1.58. The van der Waals surface area contributed by atoms with E-state index >= 15 is 0 Å². The fraction of sp³-hybridized carbons (Fsp3) is 0.444. The molecule has 182 valence electrons. The van der Waals surface area contributed by atoms with Gasteiger partial charge in [0.1, 0.15) is 19.2 Å². The number of carbonyl (C=O) groups excluding carboxylic acids is 2. The molecule has 0 saturated carbocycles. The van der Waals surface area contributed by atoms with Crippen LogP contribution in [-0.4, -0.2) is 53.7 Å². The van der Waals surface area contributed by atoms with Gasteiger partial charge in [-0.3, -0.25) is 9.59 Å². The number of carbonyl (C=O) groups is 3. The Hall–Kier alpha value is -3.35. The van der Waals surface area contributed by atoms with Crippen LogP contribution in [0.4, 0.5) is 4.79 Å². The van der Waals surface area contributed by atoms with Crippen LogP contribution < -0.4 is 5.32 Å². The predicted octanol–water partition coefficient (Wildman–Crippen LogP) is 4.65. The molecular weight excluding hydrogens is 432 g/mol. The number of hydrogen-bond acceptors (Lipinski definition) is 4. The number of rotatable bonds is 9. The minimum atomic E-state index is -1.09. The van der Waals surface area contributed by atoms with Crippen LogP contribution in [0.25, 0.3) is 11.1 Å². The molecule has 0 saturated heterocycles. The van der Waals surface area contributed by atoms with Crippen LogP contribution in [0.3, 0.4) is 0 Å². The SMILES string of the molecule is CCCN(CC(=O)O)C(=O)C(CC(C)(C)C)NC(=O)OCC1c2ccccc2-c2ccccc21. The summed E-state index contributed by atoms with van der Waals surface area (Å²) in [6.07, 6.45) is 0.290. The monoisotopic (exact) mass is 466 g/mol. The smallest absolute Gasteiger partial charge is 0.407 e. The zero-order valence-electron chi connectivity index (χ0n) is 20.3. The first kappa shape index (κ1) is 25.3. The minimum Gasteiger partial charge on any atom is -0.480 e. The number of fused-ring (bicyclic) bond motifs is 3. The van der Waals surface area contributed by atoms with E-state index in [1.807, 2.05) is 64.1 Å². The summed E-state index contributed by atoms with van der Waals surface area (Å²) in [4.78, 5) is 38.5. The molecule has 0 aliphatic heterocycles. The van der Waals surface area contributed by atoms with Crippen molar-refractivity contribution in [2.75, 3.05) is 19.7 Å². The molecule has 1 unspecified atom stereocenters. The number of ether oxygens (including phenoxy) is 1. The quantitative estimate of drug-likeness (QED) is 0.561. The van der Waals surface area contributed by atoms with Gasteiger partial charge >= 0.3 is 12.1 Å². The molecule has 1 aliphatic rings. The molecule has 0 spiro atoms. The van der Waals surface area contributed by atoms with Gasteiger partial charge < -0.3 is 20.1 Å². The second kappa shape index (κ2) is 10.7. The number of amides is 2. The van der Waals surface area contributed by atoms with Crippen LogP contribution in [-0.2, 0) is 14.3 Å². The van der Waals surface area contributed by atoms with Crippen molar-refractivity contribution in [1.82, 2.24) is 10.2 Å². The molecule has 3 rings (SSSR count). The lowest BCUT2D eigenvalue weighted by Crippen LogP contribution is -2.51. The van der Waals surface area contributed by atoms with Crippen molar-refractivity contribution in [3.63, 3.8) is 0 Å². The lowest BCUT2D eigenvalue weighted by atomic mass is 9.87. The van der Waals surface area contributed by atoms with Crippen molar-refractivity contribution in [2.24, 2.45) is 5.41 Å². The van der Waals surface area contributed by atoms with Crippen LogP contribution in [0.15, 0.2) is 48.5 Å². The first-order valence-corrected chi connectivity index (χ1v) is 11.7. The van der Waals surface area contributed by atoms with Crippen molar-refractivity contribution in [1.29, 1.82) is 0 Å². The zero-order chi connectivity index (χ0) is 24.9. The van der Waals surface area contributed by atoms with E-state index in [9.17, 15) is 19.5 Å². The topological polar surface area (TPSA) is 95.9 Å². The zero-order valence-corrected chi connectivity index (χ0v) is 20.3.